The molecule has 0 aliphatic heterocycles. The molecule has 0 spiro atoms. The lowest BCUT2D eigenvalue weighted by atomic mass is 10.2. The molecule has 0 unspecified atom stereocenters. The zero-order chi connectivity index (χ0) is 17.6. The van der Waals surface area contributed by atoms with Crippen LogP contribution in [0, 0.1) is 0 Å². The molecule has 6 nitrogen and oxygen atoms in total. The van der Waals surface area contributed by atoms with Crippen LogP contribution in [0.3, 0.4) is 0 Å². The zero-order valence-corrected chi connectivity index (χ0v) is 13.4. The van der Waals surface area contributed by atoms with Gasteiger partial charge in [0.25, 0.3) is 0 Å². The Morgan fingerprint density at radius 2 is 1.04 bits per heavy atom. The predicted octanol–water partition coefficient (Wildman–Crippen LogP) is 2.73. The molecule has 0 N–H and O–H groups in total. The molecule has 0 fully saturated rings. The summed E-state index contributed by atoms with van der Waals surface area (Å²) in [6.07, 6.45) is 0. The van der Waals surface area contributed by atoms with E-state index in [1.165, 1.54) is 12.1 Å². The number of sulfone groups is 1. The smallest absolute Gasteiger partial charge is 0.355 e. The monoisotopic (exact) mass is 354 g/mol. The van der Waals surface area contributed by atoms with E-state index in [0.29, 0.717) is 10.8 Å². The normalized spacial score (nSPS) is 11.8. The first kappa shape index (κ1) is 15.3. The summed E-state index contributed by atoms with van der Waals surface area (Å²) in [6.45, 7) is 0. The quantitative estimate of drug-likeness (QED) is 0.514. The third kappa shape index (κ3) is 2.45. The summed E-state index contributed by atoms with van der Waals surface area (Å²) < 4.78 is 35.8. The van der Waals surface area contributed by atoms with Gasteiger partial charge >= 0.3 is 11.3 Å². The van der Waals surface area contributed by atoms with Gasteiger partial charge in [0.2, 0.25) is 9.84 Å². The summed E-state index contributed by atoms with van der Waals surface area (Å²) in [5, 5.41) is 0.872. The summed E-state index contributed by atoms with van der Waals surface area (Å²) in [5.41, 5.74) is -1.55. The van der Waals surface area contributed by atoms with Gasteiger partial charge in [-0.25, -0.2) is 18.0 Å². The van der Waals surface area contributed by atoms with Crippen LogP contribution < -0.4 is 11.3 Å². The Morgan fingerprint density at radius 1 is 0.640 bits per heavy atom. The topological polar surface area (TPSA) is 94.6 Å². The van der Waals surface area contributed by atoms with Crippen molar-refractivity contribution in [2.45, 2.75) is 9.79 Å². The molecule has 0 amide bonds. The number of hydrogen-bond acceptors (Lipinski definition) is 6. The minimum absolute atomic E-state index is 0.261. The molecule has 0 aliphatic rings. The fraction of sp³-hybridized carbons (Fsp3) is 0. The number of para-hydroxylation sites is 2. The summed E-state index contributed by atoms with van der Waals surface area (Å²) in [5.74, 6) is 0. The molecule has 2 aromatic carbocycles. The lowest BCUT2D eigenvalue weighted by molar-refractivity contribution is 0.521. The van der Waals surface area contributed by atoms with Crippen LogP contribution >= 0.6 is 0 Å². The highest BCUT2D eigenvalue weighted by Crippen LogP contribution is 2.22. The fourth-order valence-electron chi connectivity index (χ4n) is 2.58. The highest BCUT2D eigenvalue weighted by molar-refractivity contribution is 7.91. The summed E-state index contributed by atoms with van der Waals surface area (Å²) >= 11 is 0. The molecule has 0 atom stereocenters. The van der Waals surface area contributed by atoms with E-state index in [2.05, 4.69) is 0 Å². The molecule has 7 heteroatoms. The van der Waals surface area contributed by atoms with Crippen LogP contribution in [0.15, 0.2) is 88.9 Å². The van der Waals surface area contributed by atoms with Gasteiger partial charge in [-0.2, -0.15) is 0 Å². The van der Waals surface area contributed by atoms with Crippen LogP contribution in [0.25, 0.3) is 21.9 Å². The van der Waals surface area contributed by atoms with Crippen LogP contribution in [0.5, 0.6) is 0 Å². The molecule has 2 aromatic heterocycles. The average molecular weight is 354 g/mol. The van der Waals surface area contributed by atoms with Gasteiger partial charge < -0.3 is 8.83 Å². The van der Waals surface area contributed by atoms with Gasteiger partial charge in [-0.3, -0.25) is 0 Å². The van der Waals surface area contributed by atoms with Crippen molar-refractivity contribution in [2.75, 3.05) is 0 Å². The van der Waals surface area contributed by atoms with Crippen LogP contribution in [-0.2, 0) is 9.84 Å². The second-order valence-corrected chi connectivity index (χ2v) is 7.26. The summed E-state index contributed by atoms with van der Waals surface area (Å²) in [4.78, 5) is 23.1. The van der Waals surface area contributed by atoms with Crippen molar-refractivity contribution >= 4 is 31.8 Å². The van der Waals surface area contributed by atoms with Crippen molar-refractivity contribution in [1.82, 2.24) is 0 Å². The van der Waals surface area contributed by atoms with Gasteiger partial charge in [0, 0.05) is 10.8 Å². The fourth-order valence-corrected chi connectivity index (χ4v) is 3.90. The van der Waals surface area contributed by atoms with E-state index in [-0.39, 0.29) is 11.2 Å². The first-order valence-electron chi connectivity index (χ1n) is 7.28. The van der Waals surface area contributed by atoms with Gasteiger partial charge in [-0.15, -0.1) is 0 Å². The molecule has 2 heterocycles. The Hall–Kier alpha value is -3.19. The third-order valence-electron chi connectivity index (χ3n) is 3.80. The number of fused-ring (bicyclic) bond motifs is 2. The molecule has 0 aliphatic carbocycles. The van der Waals surface area contributed by atoms with Gasteiger partial charge in [-0.05, 0) is 24.3 Å². The Kier molecular flexibility index (Phi) is 3.33. The Labute approximate surface area is 140 Å². The highest BCUT2D eigenvalue weighted by Gasteiger charge is 2.27. The molecular weight excluding hydrogens is 344 g/mol. The van der Waals surface area contributed by atoms with Gasteiger partial charge in [0.15, 0.2) is 9.79 Å². The van der Waals surface area contributed by atoms with Crippen molar-refractivity contribution in [3.63, 3.8) is 0 Å². The van der Waals surface area contributed by atoms with Crippen LogP contribution in [-0.4, -0.2) is 8.42 Å². The van der Waals surface area contributed by atoms with Crippen molar-refractivity contribution in [3.8, 4) is 0 Å². The van der Waals surface area contributed by atoms with Gasteiger partial charge in [0.05, 0.1) is 0 Å². The van der Waals surface area contributed by atoms with E-state index < -0.39 is 30.9 Å². The molecule has 4 aromatic rings. The van der Waals surface area contributed by atoms with Crippen LogP contribution in [0.4, 0.5) is 0 Å². The largest absolute Gasteiger partial charge is 0.422 e. The Bertz CT molecular complexity index is 1250. The second-order valence-electron chi connectivity index (χ2n) is 5.38. The number of hydrogen-bond donors (Lipinski definition) is 0. The number of rotatable bonds is 2. The number of benzene rings is 2. The maximum atomic E-state index is 12.8. The standard InChI is InChI=1S/C18H10O6S/c19-17-15(9-11-5-1-3-7-13(11)23-17)25(21,22)16-10-12-6-2-4-8-14(12)24-18(16)20/h1-10H. The lowest BCUT2D eigenvalue weighted by Gasteiger charge is -2.05. The first-order chi connectivity index (χ1) is 12.0. The maximum absolute atomic E-state index is 12.8. The Balaban J connectivity index is 2.02. The summed E-state index contributed by atoms with van der Waals surface area (Å²) in [6, 6.07) is 15.4. The molecule has 25 heavy (non-hydrogen) atoms. The van der Waals surface area contributed by atoms with Crippen molar-refractivity contribution in [3.05, 3.63) is 81.5 Å². The minimum Gasteiger partial charge on any atom is -0.422 e. The molecule has 0 saturated heterocycles. The van der Waals surface area contributed by atoms with E-state index in [4.69, 9.17) is 8.83 Å². The molecule has 0 bridgehead atoms. The van der Waals surface area contributed by atoms with Crippen LogP contribution in [0.1, 0.15) is 0 Å². The summed E-state index contributed by atoms with van der Waals surface area (Å²) in [7, 11) is -4.40. The van der Waals surface area contributed by atoms with Gasteiger partial charge in [0.1, 0.15) is 11.2 Å². The average Bonchev–Trinajstić information content (AvgIpc) is 2.60. The molecule has 0 radical (unpaired) electrons. The van der Waals surface area contributed by atoms with E-state index in [0.717, 1.165) is 0 Å². The zero-order valence-electron chi connectivity index (χ0n) is 12.6. The highest BCUT2D eigenvalue weighted by atomic mass is 32.2. The van der Waals surface area contributed by atoms with Crippen molar-refractivity contribution in [1.29, 1.82) is 0 Å². The lowest BCUT2D eigenvalue weighted by Crippen LogP contribution is -2.20. The van der Waals surface area contributed by atoms with E-state index in [1.807, 2.05) is 0 Å². The minimum atomic E-state index is -4.40. The maximum Gasteiger partial charge on any atom is 0.355 e. The molecular formula is C18H10O6S. The third-order valence-corrected chi connectivity index (χ3v) is 5.53. The van der Waals surface area contributed by atoms with Crippen molar-refractivity contribution in [2.24, 2.45) is 0 Å². The Morgan fingerprint density at radius 3 is 1.48 bits per heavy atom. The van der Waals surface area contributed by atoms with E-state index >= 15 is 0 Å². The van der Waals surface area contributed by atoms with Crippen molar-refractivity contribution < 1.29 is 17.3 Å². The first-order valence-corrected chi connectivity index (χ1v) is 8.76. The molecule has 4 rings (SSSR count). The predicted molar refractivity (Wildman–Crippen MR) is 90.4 cm³/mol. The molecule has 124 valence electrons. The van der Waals surface area contributed by atoms with Crippen LogP contribution in [0.2, 0.25) is 0 Å². The van der Waals surface area contributed by atoms with Gasteiger partial charge in [-0.1, -0.05) is 36.4 Å². The van der Waals surface area contributed by atoms with E-state index in [1.54, 1.807) is 48.5 Å². The van der Waals surface area contributed by atoms with E-state index in [9.17, 15) is 18.0 Å². The SMILES string of the molecule is O=c1oc2ccccc2cc1S(=O)(=O)c1cc2ccccc2oc1=O. The molecule has 0 saturated carbocycles. The second kappa shape index (κ2) is 5.42.